The molecule has 7 heteroatoms. The Bertz CT molecular complexity index is 545. The summed E-state index contributed by atoms with van der Waals surface area (Å²) in [5.41, 5.74) is -1.17. The van der Waals surface area contributed by atoms with Crippen LogP contribution in [0.5, 0.6) is 0 Å². The summed E-state index contributed by atoms with van der Waals surface area (Å²) >= 11 is 5.57. The van der Waals surface area contributed by atoms with Gasteiger partial charge in [-0.15, -0.1) is 0 Å². The molecule has 0 bridgehead atoms. The van der Waals surface area contributed by atoms with E-state index in [1.165, 1.54) is 0 Å². The molecule has 0 unspecified atom stereocenters. The highest BCUT2D eigenvalue weighted by molar-refractivity contribution is 6.31. The summed E-state index contributed by atoms with van der Waals surface area (Å²) in [5.74, 6) is -0.151. The van der Waals surface area contributed by atoms with E-state index in [1.807, 2.05) is 0 Å². The molecule has 1 aliphatic carbocycles. The maximum atomic E-state index is 13.5. The zero-order valence-corrected chi connectivity index (χ0v) is 12.5. The van der Waals surface area contributed by atoms with Crippen molar-refractivity contribution in [2.45, 2.75) is 38.2 Å². The van der Waals surface area contributed by atoms with E-state index in [0.29, 0.717) is 18.8 Å². The number of aliphatic hydroxyl groups is 1. The number of nitrogens with zero attached hydrogens (tertiary/aromatic N) is 1. The Morgan fingerprint density at radius 3 is 2.71 bits per heavy atom. The lowest BCUT2D eigenvalue weighted by atomic mass is 9.79. The first-order chi connectivity index (χ1) is 9.81. The molecule has 0 aromatic heterocycles. The first kappa shape index (κ1) is 16.0. The normalized spacial score (nSPS) is 25.6. The minimum atomic E-state index is -0.906. The topological polar surface area (TPSA) is 75.4 Å². The molecule has 1 aromatic carbocycles. The molecule has 0 radical (unpaired) electrons. The van der Waals surface area contributed by atoms with Crippen LogP contribution >= 0.6 is 11.6 Å². The molecule has 116 valence electrons. The van der Waals surface area contributed by atoms with Crippen molar-refractivity contribution in [3.8, 4) is 0 Å². The molecule has 0 atom stereocenters. The van der Waals surface area contributed by atoms with Gasteiger partial charge in [0.1, 0.15) is 11.5 Å². The summed E-state index contributed by atoms with van der Waals surface area (Å²) in [6.07, 6.45) is 3.08. The van der Waals surface area contributed by atoms with Gasteiger partial charge >= 0.3 is 0 Å². The van der Waals surface area contributed by atoms with Crippen LogP contribution in [0.15, 0.2) is 12.1 Å². The Labute approximate surface area is 127 Å². The van der Waals surface area contributed by atoms with Gasteiger partial charge in [-0.05, 0) is 31.6 Å². The van der Waals surface area contributed by atoms with E-state index >= 15 is 0 Å². The highest BCUT2D eigenvalue weighted by Gasteiger charge is 2.32. The molecule has 5 nitrogen and oxygen atoms in total. The molecule has 1 saturated carbocycles. The van der Waals surface area contributed by atoms with Crippen LogP contribution in [0, 0.1) is 21.8 Å². The molecular weight excluding hydrogens is 299 g/mol. The summed E-state index contributed by atoms with van der Waals surface area (Å²) in [4.78, 5) is 10.4. The molecule has 0 aliphatic heterocycles. The van der Waals surface area contributed by atoms with Crippen LogP contribution in [0.1, 0.15) is 32.6 Å². The Morgan fingerprint density at radius 2 is 2.14 bits per heavy atom. The van der Waals surface area contributed by atoms with Gasteiger partial charge in [-0.3, -0.25) is 10.1 Å². The SMILES string of the molecule is CC1CCC(O)(CNc2cc(F)c(Cl)cc2[N+](=O)[O-])CC1. The predicted octanol–water partition coefficient (Wildman–Crippen LogP) is 3.74. The van der Waals surface area contributed by atoms with Crippen LogP contribution in [0.2, 0.25) is 5.02 Å². The average Bonchev–Trinajstić information content (AvgIpc) is 2.43. The van der Waals surface area contributed by atoms with Gasteiger partial charge in [0.15, 0.2) is 0 Å². The van der Waals surface area contributed by atoms with Crippen LogP contribution in [-0.2, 0) is 0 Å². The number of nitrogens with one attached hydrogen (secondary N) is 1. The van der Waals surface area contributed by atoms with Crippen molar-refractivity contribution in [1.82, 2.24) is 0 Å². The van der Waals surface area contributed by atoms with Gasteiger partial charge in [0.05, 0.1) is 15.5 Å². The van der Waals surface area contributed by atoms with E-state index in [9.17, 15) is 19.6 Å². The third-order valence-corrected chi connectivity index (χ3v) is 4.34. The van der Waals surface area contributed by atoms with Crippen molar-refractivity contribution in [2.24, 2.45) is 5.92 Å². The second-order valence-electron chi connectivity index (χ2n) is 5.80. The molecule has 0 saturated heterocycles. The predicted molar refractivity (Wildman–Crippen MR) is 79.1 cm³/mol. The van der Waals surface area contributed by atoms with Gasteiger partial charge in [0.2, 0.25) is 0 Å². The Morgan fingerprint density at radius 1 is 1.52 bits per heavy atom. The number of nitro groups is 1. The standard InChI is InChI=1S/C14H18ClFN2O3/c1-9-2-4-14(19,5-3-9)8-17-12-7-11(16)10(15)6-13(12)18(20)21/h6-7,9,17,19H,2-5,8H2,1H3. The molecule has 1 aromatic rings. The fourth-order valence-corrected chi connectivity index (χ4v) is 2.72. The molecule has 1 aliphatic rings. The molecule has 2 rings (SSSR count). The number of benzene rings is 1. The number of rotatable bonds is 4. The summed E-state index contributed by atoms with van der Waals surface area (Å²) in [5, 5.41) is 23.9. The molecule has 0 amide bonds. The minimum Gasteiger partial charge on any atom is -0.388 e. The van der Waals surface area contributed by atoms with Crippen molar-refractivity contribution in [2.75, 3.05) is 11.9 Å². The number of halogens is 2. The van der Waals surface area contributed by atoms with Gasteiger partial charge in [0.25, 0.3) is 5.69 Å². The van der Waals surface area contributed by atoms with Crippen LogP contribution in [0.3, 0.4) is 0 Å². The average molecular weight is 317 g/mol. The lowest BCUT2D eigenvalue weighted by molar-refractivity contribution is -0.384. The third kappa shape index (κ3) is 3.83. The first-order valence-corrected chi connectivity index (χ1v) is 7.28. The third-order valence-electron chi connectivity index (χ3n) is 4.05. The van der Waals surface area contributed by atoms with E-state index in [4.69, 9.17) is 11.6 Å². The molecule has 21 heavy (non-hydrogen) atoms. The molecule has 2 N–H and O–H groups in total. The van der Waals surface area contributed by atoms with Gasteiger partial charge < -0.3 is 10.4 Å². The summed E-state index contributed by atoms with van der Waals surface area (Å²) in [7, 11) is 0. The van der Waals surface area contributed by atoms with Crippen molar-refractivity contribution >= 4 is 23.0 Å². The van der Waals surface area contributed by atoms with Crippen LogP contribution in [0.25, 0.3) is 0 Å². The minimum absolute atomic E-state index is 0.0361. The molecular formula is C14H18ClFN2O3. The van der Waals surface area contributed by atoms with Gasteiger partial charge in [0, 0.05) is 18.7 Å². The van der Waals surface area contributed by atoms with E-state index in [0.717, 1.165) is 25.0 Å². The van der Waals surface area contributed by atoms with Crippen LogP contribution < -0.4 is 5.32 Å². The van der Waals surface area contributed by atoms with Gasteiger partial charge in [-0.1, -0.05) is 18.5 Å². The van der Waals surface area contributed by atoms with Crippen molar-refractivity contribution in [3.05, 3.63) is 33.1 Å². The smallest absolute Gasteiger partial charge is 0.294 e. The fourth-order valence-electron chi connectivity index (χ4n) is 2.56. The maximum absolute atomic E-state index is 13.5. The summed E-state index contributed by atoms with van der Waals surface area (Å²) < 4.78 is 13.5. The Kier molecular flexibility index (Phi) is 4.68. The zero-order valence-electron chi connectivity index (χ0n) is 11.7. The first-order valence-electron chi connectivity index (χ1n) is 6.90. The summed E-state index contributed by atoms with van der Waals surface area (Å²) in [6.45, 7) is 2.29. The molecule has 0 heterocycles. The fraction of sp³-hybridized carbons (Fsp3) is 0.571. The highest BCUT2D eigenvalue weighted by atomic mass is 35.5. The van der Waals surface area contributed by atoms with E-state index < -0.39 is 16.3 Å². The van der Waals surface area contributed by atoms with E-state index in [-0.39, 0.29) is 22.9 Å². The quantitative estimate of drug-likeness (QED) is 0.655. The highest BCUT2D eigenvalue weighted by Crippen LogP contribution is 2.34. The van der Waals surface area contributed by atoms with Crippen molar-refractivity contribution in [3.63, 3.8) is 0 Å². The second kappa shape index (κ2) is 6.15. The van der Waals surface area contributed by atoms with Crippen LogP contribution in [-0.4, -0.2) is 22.2 Å². The number of nitro benzene ring substituents is 1. The monoisotopic (exact) mass is 316 g/mol. The van der Waals surface area contributed by atoms with Gasteiger partial charge in [-0.2, -0.15) is 0 Å². The number of hydrogen-bond acceptors (Lipinski definition) is 4. The van der Waals surface area contributed by atoms with Crippen molar-refractivity contribution < 1.29 is 14.4 Å². The van der Waals surface area contributed by atoms with E-state index in [1.54, 1.807) is 0 Å². The Hall–Kier alpha value is -1.40. The lowest BCUT2D eigenvalue weighted by Gasteiger charge is -2.35. The zero-order chi connectivity index (χ0) is 15.6. The summed E-state index contributed by atoms with van der Waals surface area (Å²) in [6, 6.07) is 1.97. The van der Waals surface area contributed by atoms with Crippen molar-refractivity contribution in [1.29, 1.82) is 0 Å². The molecule has 0 spiro atoms. The van der Waals surface area contributed by atoms with Crippen LogP contribution in [0.4, 0.5) is 15.8 Å². The van der Waals surface area contributed by atoms with E-state index in [2.05, 4.69) is 12.2 Å². The molecule has 1 fully saturated rings. The largest absolute Gasteiger partial charge is 0.388 e. The maximum Gasteiger partial charge on any atom is 0.294 e. The number of hydrogen-bond donors (Lipinski definition) is 2. The Balaban J connectivity index is 2.12. The second-order valence-corrected chi connectivity index (χ2v) is 6.21. The lowest BCUT2D eigenvalue weighted by Crippen LogP contribution is -2.40. The number of anilines is 1. The van der Waals surface area contributed by atoms with Gasteiger partial charge in [-0.25, -0.2) is 4.39 Å².